The molecule has 130 valence electrons. The first-order valence-electron chi connectivity index (χ1n) is 9.32. The van der Waals surface area contributed by atoms with Crippen molar-refractivity contribution < 1.29 is 0 Å². The molecular weight excluding hydrogens is 315 g/mol. The van der Waals surface area contributed by atoms with E-state index >= 15 is 0 Å². The van der Waals surface area contributed by atoms with Crippen molar-refractivity contribution in [3.63, 3.8) is 0 Å². The molecule has 0 radical (unpaired) electrons. The number of piperidine rings is 2. The van der Waals surface area contributed by atoms with Crippen LogP contribution < -0.4 is 5.30 Å². The van der Waals surface area contributed by atoms with E-state index in [1.807, 2.05) is 6.20 Å². The summed E-state index contributed by atoms with van der Waals surface area (Å²) in [7, 11) is 5.17. The summed E-state index contributed by atoms with van der Waals surface area (Å²) in [6.45, 7) is 6.38. The number of pyridine rings is 1. The predicted octanol–water partition coefficient (Wildman–Crippen LogP) is 2.36. The van der Waals surface area contributed by atoms with Gasteiger partial charge in [0.05, 0.1) is 0 Å². The number of aromatic nitrogens is 2. The quantitative estimate of drug-likeness (QED) is 0.799. The average molecular weight is 344 g/mol. The zero-order valence-corrected chi connectivity index (χ0v) is 15.8. The Hall–Kier alpha value is -0.960. The van der Waals surface area contributed by atoms with E-state index in [9.17, 15) is 0 Å². The van der Waals surface area contributed by atoms with Crippen LogP contribution in [0.15, 0.2) is 24.7 Å². The van der Waals surface area contributed by atoms with Crippen LogP contribution in [-0.4, -0.2) is 59.0 Å². The number of nitrogens with zero attached hydrogens (tertiary/aromatic N) is 4. The molecular formula is C19H29N4P. The highest BCUT2D eigenvalue weighted by atomic mass is 31.0. The summed E-state index contributed by atoms with van der Waals surface area (Å²) in [5.41, 5.74) is 2.54. The minimum absolute atomic E-state index is 0.693. The molecule has 2 aromatic rings. The molecule has 1 unspecified atom stereocenters. The molecule has 0 aliphatic carbocycles. The molecule has 24 heavy (non-hydrogen) atoms. The van der Waals surface area contributed by atoms with Crippen LogP contribution >= 0.6 is 9.24 Å². The Labute approximate surface area is 147 Å². The number of likely N-dealkylation sites (tertiary alicyclic amines) is 2. The van der Waals surface area contributed by atoms with Gasteiger partial charge in [-0.3, -0.25) is 0 Å². The molecule has 0 amide bonds. The van der Waals surface area contributed by atoms with Gasteiger partial charge in [-0.2, -0.15) is 0 Å². The summed E-state index contributed by atoms with van der Waals surface area (Å²) >= 11 is 0. The van der Waals surface area contributed by atoms with Gasteiger partial charge in [0.15, 0.2) is 0 Å². The fourth-order valence-electron chi connectivity index (χ4n) is 4.37. The van der Waals surface area contributed by atoms with Crippen molar-refractivity contribution in [3.8, 4) is 0 Å². The average Bonchev–Trinajstić information content (AvgIpc) is 3.04. The molecule has 0 saturated carbocycles. The molecule has 0 aromatic carbocycles. The monoisotopic (exact) mass is 344 g/mol. The van der Waals surface area contributed by atoms with E-state index < -0.39 is 0 Å². The van der Waals surface area contributed by atoms with Crippen LogP contribution in [0.3, 0.4) is 0 Å². The molecule has 0 N–H and O–H groups in total. The van der Waals surface area contributed by atoms with Crippen molar-refractivity contribution in [3.05, 3.63) is 30.2 Å². The molecule has 2 saturated heterocycles. The van der Waals surface area contributed by atoms with Gasteiger partial charge < -0.3 is 14.2 Å². The normalized spacial score (nSPS) is 22.4. The molecule has 2 aromatic heterocycles. The zero-order chi connectivity index (χ0) is 16.5. The van der Waals surface area contributed by atoms with Crippen LogP contribution in [0.1, 0.15) is 37.2 Å². The maximum absolute atomic E-state index is 4.39. The molecule has 4 nitrogen and oxygen atoms in total. The Bertz CT molecular complexity index is 682. The lowest BCUT2D eigenvalue weighted by molar-refractivity contribution is 0.139. The van der Waals surface area contributed by atoms with Crippen molar-refractivity contribution in [1.29, 1.82) is 0 Å². The highest BCUT2D eigenvalue weighted by Crippen LogP contribution is 2.29. The van der Waals surface area contributed by atoms with E-state index in [0.29, 0.717) is 5.92 Å². The summed E-state index contributed by atoms with van der Waals surface area (Å²) < 4.78 is 2.16. The fourth-order valence-corrected chi connectivity index (χ4v) is 4.83. The summed E-state index contributed by atoms with van der Waals surface area (Å²) in [4.78, 5) is 9.57. The van der Waals surface area contributed by atoms with E-state index in [1.54, 1.807) is 0 Å². The largest absolute Gasteiger partial charge is 0.307 e. The maximum Gasteiger partial charge on any atom is 0.137 e. The van der Waals surface area contributed by atoms with Crippen molar-refractivity contribution in [2.45, 2.75) is 31.6 Å². The van der Waals surface area contributed by atoms with Gasteiger partial charge in [-0.15, -0.1) is 9.24 Å². The lowest BCUT2D eigenvalue weighted by atomic mass is 9.89. The van der Waals surface area contributed by atoms with E-state index in [2.05, 4.69) is 53.9 Å². The number of hydrogen-bond acceptors (Lipinski definition) is 3. The standard InChI is InChI=1S/C19H29N4P/c1-21-7-2-15(3-8-21)13-22-9-4-16(5-10-22)17-14-23-11-6-20-19(23)12-18(17)24/h6,11-12,14-16H,2-5,7-10,13,24H2,1H3. The van der Waals surface area contributed by atoms with Crippen LogP contribution in [0, 0.1) is 5.92 Å². The van der Waals surface area contributed by atoms with Crippen LogP contribution in [0.2, 0.25) is 0 Å². The summed E-state index contributed by atoms with van der Waals surface area (Å²) in [6.07, 6.45) is 11.6. The van der Waals surface area contributed by atoms with Crippen LogP contribution in [0.5, 0.6) is 0 Å². The second kappa shape index (κ2) is 7.11. The summed E-state index contributed by atoms with van der Waals surface area (Å²) in [5.74, 6) is 1.61. The molecule has 0 spiro atoms. The van der Waals surface area contributed by atoms with Gasteiger partial charge in [0, 0.05) is 25.1 Å². The van der Waals surface area contributed by atoms with Gasteiger partial charge in [0.25, 0.3) is 0 Å². The van der Waals surface area contributed by atoms with Gasteiger partial charge in [-0.25, -0.2) is 4.98 Å². The molecule has 2 aliphatic heterocycles. The number of rotatable bonds is 3. The van der Waals surface area contributed by atoms with Gasteiger partial charge in [-0.05, 0) is 87.7 Å². The Morgan fingerprint density at radius 1 is 1.12 bits per heavy atom. The minimum atomic E-state index is 0.693. The third-order valence-corrected chi connectivity index (χ3v) is 6.48. The zero-order valence-electron chi connectivity index (χ0n) is 14.7. The Balaban J connectivity index is 1.36. The predicted molar refractivity (Wildman–Crippen MR) is 103 cm³/mol. The number of fused-ring (bicyclic) bond motifs is 1. The summed E-state index contributed by atoms with van der Waals surface area (Å²) in [5, 5.41) is 1.32. The Morgan fingerprint density at radius 3 is 2.62 bits per heavy atom. The van der Waals surface area contributed by atoms with E-state index in [-0.39, 0.29) is 0 Å². The molecule has 2 fully saturated rings. The molecule has 2 aliphatic rings. The first kappa shape index (κ1) is 16.5. The van der Waals surface area contributed by atoms with Gasteiger partial charge in [-0.1, -0.05) is 0 Å². The van der Waals surface area contributed by atoms with Gasteiger partial charge in [0.1, 0.15) is 5.65 Å². The minimum Gasteiger partial charge on any atom is -0.307 e. The SMILES string of the molecule is CN1CCC(CN2CCC(c3cn4ccnc4cc3P)CC2)CC1. The molecule has 5 heteroatoms. The lowest BCUT2D eigenvalue weighted by Crippen LogP contribution is -2.40. The van der Waals surface area contributed by atoms with Crippen LogP contribution in [-0.2, 0) is 0 Å². The van der Waals surface area contributed by atoms with Gasteiger partial charge in [0.2, 0.25) is 0 Å². The second-order valence-corrected chi connectivity index (χ2v) is 8.32. The molecule has 4 heterocycles. The highest BCUT2D eigenvalue weighted by molar-refractivity contribution is 7.27. The smallest absolute Gasteiger partial charge is 0.137 e. The Morgan fingerprint density at radius 2 is 1.88 bits per heavy atom. The summed E-state index contributed by atoms with van der Waals surface area (Å²) in [6, 6.07) is 2.20. The molecule has 1 atom stereocenters. The Kier molecular flexibility index (Phi) is 4.89. The highest BCUT2D eigenvalue weighted by Gasteiger charge is 2.25. The third kappa shape index (κ3) is 3.51. The van der Waals surface area contributed by atoms with E-state index in [4.69, 9.17) is 0 Å². The van der Waals surface area contributed by atoms with Crippen molar-refractivity contribution in [1.82, 2.24) is 19.2 Å². The molecule has 0 bridgehead atoms. The van der Waals surface area contributed by atoms with Crippen molar-refractivity contribution in [2.75, 3.05) is 39.8 Å². The van der Waals surface area contributed by atoms with E-state index in [0.717, 1.165) is 11.6 Å². The first-order chi connectivity index (χ1) is 11.7. The van der Waals surface area contributed by atoms with E-state index in [1.165, 1.54) is 69.3 Å². The second-order valence-electron chi connectivity index (χ2n) is 7.70. The van der Waals surface area contributed by atoms with Crippen molar-refractivity contribution in [2.24, 2.45) is 5.92 Å². The fraction of sp³-hybridized carbons (Fsp3) is 0.632. The maximum atomic E-state index is 4.39. The topological polar surface area (TPSA) is 23.8 Å². The van der Waals surface area contributed by atoms with Crippen LogP contribution in [0.4, 0.5) is 0 Å². The number of imidazole rings is 1. The number of hydrogen-bond donors (Lipinski definition) is 0. The van der Waals surface area contributed by atoms with Crippen LogP contribution in [0.25, 0.3) is 5.65 Å². The van der Waals surface area contributed by atoms with Crippen molar-refractivity contribution >= 4 is 20.2 Å². The first-order valence-corrected chi connectivity index (χ1v) is 9.90. The lowest BCUT2D eigenvalue weighted by Gasteiger charge is -2.37. The molecule has 4 rings (SSSR count). The third-order valence-electron chi connectivity index (χ3n) is 5.98. The van der Waals surface area contributed by atoms with Gasteiger partial charge >= 0.3 is 0 Å².